The van der Waals surface area contributed by atoms with Gasteiger partial charge in [0, 0.05) is 47.6 Å². The predicted octanol–water partition coefficient (Wildman–Crippen LogP) is 9.22. The largest absolute Gasteiger partial charge is 0.481 e. The van der Waals surface area contributed by atoms with E-state index in [0.29, 0.717) is 45.0 Å². The maximum absolute atomic E-state index is 13.6. The zero-order valence-corrected chi connectivity index (χ0v) is 35.6. The number of carbonyl (C=O) groups is 4. The van der Waals surface area contributed by atoms with Crippen molar-refractivity contribution in [2.45, 2.75) is 77.9 Å². The highest BCUT2D eigenvalue weighted by Crippen LogP contribution is 2.72. The number of hydrogen-bond acceptors (Lipinski definition) is 9. The van der Waals surface area contributed by atoms with Crippen LogP contribution >= 0.6 is 11.3 Å². The molecular formula is C47H48N6O8S. The minimum atomic E-state index is -1.17. The van der Waals surface area contributed by atoms with E-state index in [4.69, 9.17) is 19.9 Å². The summed E-state index contributed by atoms with van der Waals surface area (Å²) in [5, 5.41) is 39.2. The highest BCUT2D eigenvalue weighted by atomic mass is 32.1. The van der Waals surface area contributed by atoms with Crippen molar-refractivity contribution >= 4 is 61.4 Å². The van der Waals surface area contributed by atoms with E-state index in [9.17, 15) is 29.4 Å². The molecule has 0 spiro atoms. The number of hydrogen-bond donors (Lipinski definition) is 4. The minimum Gasteiger partial charge on any atom is -0.481 e. The van der Waals surface area contributed by atoms with Gasteiger partial charge in [0.25, 0.3) is 5.91 Å². The van der Waals surface area contributed by atoms with Gasteiger partial charge in [-0.2, -0.15) is 5.10 Å². The molecular weight excluding hydrogens is 809 g/mol. The molecule has 3 heterocycles. The van der Waals surface area contributed by atoms with Crippen molar-refractivity contribution in [3.63, 3.8) is 0 Å². The molecule has 4 bridgehead atoms. The van der Waals surface area contributed by atoms with Gasteiger partial charge in [-0.1, -0.05) is 61.6 Å². The van der Waals surface area contributed by atoms with E-state index in [2.05, 4.69) is 24.1 Å². The van der Waals surface area contributed by atoms with Crippen molar-refractivity contribution < 1.29 is 39.2 Å². The van der Waals surface area contributed by atoms with E-state index in [1.807, 2.05) is 66.2 Å². The predicted molar refractivity (Wildman–Crippen MR) is 235 cm³/mol. The van der Waals surface area contributed by atoms with Crippen LogP contribution in [-0.4, -0.2) is 89.2 Å². The van der Waals surface area contributed by atoms with Crippen LogP contribution in [0.15, 0.2) is 79.0 Å². The number of thiazole rings is 1. The Hall–Kier alpha value is -6.19. The second-order valence-corrected chi connectivity index (χ2v) is 19.5. The first-order valence-electron chi connectivity index (χ1n) is 20.8. The average molecular weight is 857 g/mol. The Bertz CT molecular complexity index is 2750. The van der Waals surface area contributed by atoms with Gasteiger partial charge in [-0.05, 0) is 109 Å². The monoisotopic (exact) mass is 856 g/mol. The zero-order valence-electron chi connectivity index (χ0n) is 34.8. The number of aliphatic carboxylic acids is 1. The maximum atomic E-state index is 13.6. The lowest BCUT2D eigenvalue weighted by molar-refractivity contribution is -0.248. The average Bonchev–Trinajstić information content (AvgIpc) is 3.78. The quantitative estimate of drug-likeness (QED) is 0.0815. The van der Waals surface area contributed by atoms with Crippen LogP contribution in [0.2, 0.25) is 0 Å². The third-order valence-corrected chi connectivity index (χ3v) is 14.2. The molecule has 2 unspecified atom stereocenters. The van der Waals surface area contributed by atoms with E-state index in [-0.39, 0.29) is 54.0 Å². The standard InChI is InChI=1S/C47H48N6O8S/c1-28-34(20-48-53(28)27-46-22-44(2)21-45(3,23-46)25-47(24-44,26-46)61-18-17-52(43(59)60)16-15-38(54)55)31-13-14-35(49-39(31)41(57)58)30-12-11-29-7-6-8-32(33(29)19-30)40(56)51-42-50-36-9-4-5-10-37(36)62-42/h4-14,19-20H,15-18,21-27H2,1-3H3,(H,54,55)(H,57,58)(H,59,60)(H,50,51,56). The van der Waals surface area contributed by atoms with Crippen LogP contribution in [0, 0.1) is 23.2 Å². The van der Waals surface area contributed by atoms with Gasteiger partial charge in [0.15, 0.2) is 10.8 Å². The number of carboxylic acid groups (broad SMARTS) is 3. The third-order valence-electron chi connectivity index (χ3n) is 13.2. The normalized spacial score (nSPS) is 23.8. The molecule has 4 aliphatic rings. The molecule has 0 radical (unpaired) electrons. The van der Waals surface area contributed by atoms with Crippen molar-refractivity contribution in [3.8, 4) is 22.4 Å². The summed E-state index contributed by atoms with van der Waals surface area (Å²) < 4.78 is 9.68. The second kappa shape index (κ2) is 15.3. The first-order chi connectivity index (χ1) is 29.5. The van der Waals surface area contributed by atoms with E-state index in [0.717, 1.165) is 64.7 Å². The maximum Gasteiger partial charge on any atom is 0.407 e. The van der Waals surface area contributed by atoms with Crippen molar-refractivity contribution in [1.82, 2.24) is 24.6 Å². The number of anilines is 1. The summed E-state index contributed by atoms with van der Waals surface area (Å²) in [5.74, 6) is -2.52. The lowest BCUT2D eigenvalue weighted by Gasteiger charge is -2.69. The number of rotatable bonds is 14. The Labute approximate surface area is 361 Å². The molecule has 62 heavy (non-hydrogen) atoms. The summed E-state index contributed by atoms with van der Waals surface area (Å²) >= 11 is 1.40. The summed E-state index contributed by atoms with van der Waals surface area (Å²) in [4.78, 5) is 59.9. The van der Waals surface area contributed by atoms with Gasteiger partial charge in [-0.25, -0.2) is 19.6 Å². The van der Waals surface area contributed by atoms with Crippen LogP contribution in [0.5, 0.6) is 0 Å². The van der Waals surface area contributed by atoms with Gasteiger partial charge >= 0.3 is 18.0 Å². The Balaban J connectivity index is 0.963. The zero-order chi connectivity index (χ0) is 43.6. The molecule has 4 N–H and O–H groups in total. The lowest BCUT2D eigenvalue weighted by atomic mass is 9.39. The summed E-state index contributed by atoms with van der Waals surface area (Å²) in [5.41, 5.74) is 3.67. The number of aromatic carboxylic acids is 1. The number of benzene rings is 3. The van der Waals surface area contributed by atoms with Gasteiger partial charge in [-0.15, -0.1) is 0 Å². The van der Waals surface area contributed by atoms with Gasteiger partial charge in [-0.3, -0.25) is 19.6 Å². The van der Waals surface area contributed by atoms with Crippen molar-refractivity contribution in [2.24, 2.45) is 16.2 Å². The first-order valence-corrected chi connectivity index (χ1v) is 21.7. The van der Waals surface area contributed by atoms with E-state index < -0.39 is 23.6 Å². The fraction of sp³-hybridized carbons (Fsp3) is 0.383. The van der Waals surface area contributed by atoms with Crippen molar-refractivity contribution in [2.75, 3.05) is 25.0 Å². The number of fused-ring (bicyclic) bond motifs is 2. The summed E-state index contributed by atoms with van der Waals surface area (Å²) in [6, 6.07) is 22.4. The molecule has 10 rings (SSSR count). The topological polar surface area (TPSA) is 197 Å². The third kappa shape index (κ3) is 7.79. The van der Waals surface area contributed by atoms with Crippen molar-refractivity contribution in [3.05, 3.63) is 95.9 Å². The molecule has 320 valence electrons. The second-order valence-electron chi connectivity index (χ2n) is 18.5. The Morgan fingerprint density at radius 3 is 2.35 bits per heavy atom. The Kier molecular flexibility index (Phi) is 10.2. The molecule has 4 aliphatic carbocycles. The Morgan fingerprint density at radius 2 is 1.63 bits per heavy atom. The van der Waals surface area contributed by atoms with Crippen LogP contribution < -0.4 is 5.32 Å². The number of carbonyl (C=O) groups excluding carboxylic acids is 1. The minimum absolute atomic E-state index is 0.0170. The van der Waals surface area contributed by atoms with Gasteiger partial charge in [0.1, 0.15) is 0 Å². The molecule has 0 saturated heterocycles. The SMILES string of the molecule is Cc1c(-c2ccc(-c3ccc4cccc(C(=O)Nc5nc6ccccc6s5)c4c3)nc2C(=O)O)cnn1CC12CC3(C)CC(C)(C1)CC(OCCN(CCC(=O)O)C(=O)O)(C3)C2. The van der Waals surface area contributed by atoms with E-state index >= 15 is 0 Å². The van der Waals surface area contributed by atoms with Crippen LogP contribution in [0.3, 0.4) is 0 Å². The fourth-order valence-corrected chi connectivity index (χ4v) is 12.8. The Morgan fingerprint density at radius 1 is 0.855 bits per heavy atom. The number of amides is 2. The lowest BCUT2D eigenvalue weighted by Crippen LogP contribution is -2.64. The van der Waals surface area contributed by atoms with Crippen LogP contribution in [0.1, 0.15) is 85.3 Å². The van der Waals surface area contributed by atoms with Gasteiger partial charge < -0.3 is 25.0 Å². The van der Waals surface area contributed by atoms with Gasteiger partial charge in [0.2, 0.25) is 0 Å². The molecule has 4 fully saturated rings. The molecule has 4 saturated carbocycles. The first kappa shape index (κ1) is 41.2. The molecule has 2 atom stereocenters. The molecule has 2 amide bonds. The highest BCUT2D eigenvalue weighted by molar-refractivity contribution is 7.22. The molecule has 3 aromatic heterocycles. The highest BCUT2D eigenvalue weighted by Gasteiger charge is 2.66. The van der Waals surface area contributed by atoms with Crippen LogP contribution in [0.25, 0.3) is 43.4 Å². The van der Waals surface area contributed by atoms with Crippen LogP contribution in [0.4, 0.5) is 9.93 Å². The van der Waals surface area contributed by atoms with Crippen molar-refractivity contribution in [1.29, 1.82) is 0 Å². The smallest absolute Gasteiger partial charge is 0.407 e. The van der Waals surface area contributed by atoms with Crippen LogP contribution in [-0.2, 0) is 16.1 Å². The number of aromatic nitrogens is 4. The number of pyridine rings is 1. The number of para-hydroxylation sites is 1. The number of carboxylic acids is 2. The van der Waals surface area contributed by atoms with E-state index in [1.54, 1.807) is 24.4 Å². The molecule has 3 aromatic carbocycles. The number of nitrogens with zero attached hydrogens (tertiary/aromatic N) is 5. The number of nitrogens with one attached hydrogen (secondary N) is 1. The number of ether oxygens (including phenoxy) is 1. The fourth-order valence-electron chi connectivity index (χ4n) is 12.0. The summed E-state index contributed by atoms with van der Waals surface area (Å²) in [6.45, 7) is 7.41. The molecule has 14 nitrogen and oxygen atoms in total. The summed E-state index contributed by atoms with van der Waals surface area (Å²) in [7, 11) is 0. The summed E-state index contributed by atoms with van der Waals surface area (Å²) in [6.07, 6.45) is 5.88. The van der Waals surface area contributed by atoms with Gasteiger partial charge in [0.05, 0.1) is 40.7 Å². The molecule has 6 aromatic rings. The van der Waals surface area contributed by atoms with E-state index in [1.165, 1.54) is 11.3 Å². The molecule has 15 heteroatoms. The molecule has 0 aliphatic heterocycles.